The number of halogens is 3. The first-order valence-corrected chi connectivity index (χ1v) is 9.48. The number of anilines is 1. The third-order valence-corrected chi connectivity index (χ3v) is 5.23. The van der Waals surface area contributed by atoms with Gasteiger partial charge in [-0.05, 0) is 52.9 Å². The van der Waals surface area contributed by atoms with Gasteiger partial charge in [-0.15, -0.1) is 5.10 Å². The van der Waals surface area contributed by atoms with Crippen LogP contribution in [0.2, 0.25) is 10.0 Å². The summed E-state index contributed by atoms with van der Waals surface area (Å²) in [5, 5.41) is 15.7. The maximum Gasteiger partial charge on any atom is 0.234 e. The van der Waals surface area contributed by atoms with Gasteiger partial charge in [0.1, 0.15) is 0 Å². The molecule has 0 fully saturated rings. The lowest BCUT2D eigenvalue weighted by atomic mass is 10.3. The van der Waals surface area contributed by atoms with Crippen LogP contribution in [0.15, 0.2) is 52.1 Å². The van der Waals surface area contributed by atoms with Crippen LogP contribution in [0.3, 0.4) is 0 Å². The lowest BCUT2D eigenvalue weighted by molar-refractivity contribution is -0.113. The number of nitrogens with zero attached hydrogens (tertiary/aromatic N) is 4. The Morgan fingerprint density at radius 1 is 1.16 bits per heavy atom. The summed E-state index contributed by atoms with van der Waals surface area (Å²) < 4.78 is 2.53. The van der Waals surface area contributed by atoms with Crippen molar-refractivity contribution >= 4 is 62.5 Å². The number of aromatic nitrogens is 4. The van der Waals surface area contributed by atoms with E-state index in [1.165, 1.54) is 11.8 Å². The Labute approximate surface area is 166 Å². The fourth-order valence-electron chi connectivity index (χ4n) is 1.91. The van der Waals surface area contributed by atoms with Crippen molar-refractivity contribution < 1.29 is 4.79 Å². The molecule has 0 saturated heterocycles. The summed E-state index contributed by atoms with van der Waals surface area (Å²) in [6.07, 6.45) is 0. The standard InChI is InChI=1S/C15H10BrCl2N5OS/c16-9-1-4-11(5-2-9)23-15(20-21-22-23)25-8-14(24)19-10-3-6-12(17)13(18)7-10/h1-7H,8H2,(H,19,24). The molecular weight excluding hydrogens is 449 g/mol. The van der Waals surface area contributed by atoms with Crippen molar-refractivity contribution in [1.82, 2.24) is 20.2 Å². The molecule has 128 valence electrons. The van der Waals surface area contributed by atoms with E-state index in [9.17, 15) is 4.79 Å². The highest BCUT2D eigenvalue weighted by Gasteiger charge is 2.12. The Balaban J connectivity index is 1.64. The van der Waals surface area contributed by atoms with Crippen molar-refractivity contribution in [2.24, 2.45) is 0 Å². The van der Waals surface area contributed by atoms with E-state index in [1.807, 2.05) is 24.3 Å². The monoisotopic (exact) mass is 457 g/mol. The van der Waals surface area contributed by atoms with E-state index in [4.69, 9.17) is 23.2 Å². The molecule has 0 saturated carbocycles. The van der Waals surface area contributed by atoms with Gasteiger partial charge in [0.2, 0.25) is 11.1 Å². The van der Waals surface area contributed by atoms with Gasteiger partial charge in [-0.1, -0.05) is 50.9 Å². The van der Waals surface area contributed by atoms with E-state index in [0.29, 0.717) is 20.9 Å². The molecule has 1 amide bonds. The minimum atomic E-state index is -0.200. The van der Waals surface area contributed by atoms with E-state index in [0.717, 1.165) is 10.2 Å². The van der Waals surface area contributed by atoms with Crippen LogP contribution in [0.4, 0.5) is 5.69 Å². The van der Waals surface area contributed by atoms with Gasteiger partial charge in [-0.2, -0.15) is 4.68 Å². The topological polar surface area (TPSA) is 72.7 Å². The van der Waals surface area contributed by atoms with Gasteiger partial charge in [0.15, 0.2) is 0 Å². The van der Waals surface area contributed by atoms with Gasteiger partial charge in [-0.3, -0.25) is 4.79 Å². The van der Waals surface area contributed by atoms with Crippen LogP contribution in [0, 0.1) is 0 Å². The molecule has 0 bridgehead atoms. The lowest BCUT2D eigenvalue weighted by Gasteiger charge is -2.07. The molecule has 0 atom stereocenters. The summed E-state index contributed by atoms with van der Waals surface area (Å²) in [5.74, 6) is -0.0503. The third kappa shape index (κ3) is 4.72. The number of hydrogen-bond donors (Lipinski definition) is 1. The first kappa shape index (κ1) is 18.2. The Morgan fingerprint density at radius 2 is 1.92 bits per heavy atom. The number of carbonyl (C=O) groups excluding carboxylic acids is 1. The van der Waals surface area contributed by atoms with Gasteiger partial charge < -0.3 is 5.32 Å². The minimum Gasteiger partial charge on any atom is -0.325 e. The van der Waals surface area contributed by atoms with Crippen molar-refractivity contribution in [2.75, 3.05) is 11.1 Å². The normalized spacial score (nSPS) is 10.7. The number of carbonyl (C=O) groups is 1. The van der Waals surface area contributed by atoms with Crippen LogP contribution >= 0.6 is 50.9 Å². The summed E-state index contributed by atoms with van der Waals surface area (Å²) in [7, 11) is 0. The second kappa shape index (κ2) is 8.18. The van der Waals surface area contributed by atoms with Crippen molar-refractivity contribution in [3.8, 4) is 5.69 Å². The summed E-state index contributed by atoms with van der Waals surface area (Å²) in [6, 6.07) is 12.4. The minimum absolute atomic E-state index is 0.150. The molecule has 0 spiro atoms. The smallest absolute Gasteiger partial charge is 0.234 e. The van der Waals surface area contributed by atoms with Crippen LogP contribution in [-0.4, -0.2) is 31.9 Å². The van der Waals surface area contributed by atoms with Gasteiger partial charge in [0.05, 0.1) is 21.5 Å². The summed E-state index contributed by atoms with van der Waals surface area (Å²) >= 11 is 16.4. The van der Waals surface area contributed by atoms with E-state index >= 15 is 0 Å². The van der Waals surface area contributed by atoms with E-state index in [2.05, 4.69) is 36.8 Å². The first-order chi connectivity index (χ1) is 12.0. The predicted octanol–water partition coefficient (Wildman–Crippen LogP) is 4.46. The van der Waals surface area contributed by atoms with Crippen LogP contribution in [-0.2, 0) is 4.79 Å². The molecule has 6 nitrogen and oxygen atoms in total. The summed E-state index contributed by atoms with van der Waals surface area (Å²) in [6.45, 7) is 0. The van der Waals surface area contributed by atoms with Crippen LogP contribution in [0.5, 0.6) is 0 Å². The highest BCUT2D eigenvalue weighted by atomic mass is 79.9. The van der Waals surface area contributed by atoms with Crippen LogP contribution in [0.1, 0.15) is 0 Å². The molecular formula is C15H10BrCl2N5OS. The zero-order chi connectivity index (χ0) is 17.8. The van der Waals surface area contributed by atoms with E-state index in [-0.39, 0.29) is 11.7 Å². The van der Waals surface area contributed by atoms with E-state index in [1.54, 1.807) is 22.9 Å². The maximum atomic E-state index is 12.1. The zero-order valence-corrected chi connectivity index (χ0v) is 16.4. The largest absolute Gasteiger partial charge is 0.325 e. The molecule has 0 aliphatic rings. The molecule has 1 aromatic heterocycles. The number of tetrazole rings is 1. The van der Waals surface area contributed by atoms with Crippen molar-refractivity contribution in [3.05, 3.63) is 57.0 Å². The third-order valence-electron chi connectivity index (χ3n) is 3.05. The van der Waals surface area contributed by atoms with E-state index < -0.39 is 0 Å². The molecule has 0 aliphatic carbocycles. The number of benzene rings is 2. The molecule has 0 unspecified atom stereocenters. The second-order valence-electron chi connectivity index (χ2n) is 4.82. The average molecular weight is 459 g/mol. The number of hydrogen-bond acceptors (Lipinski definition) is 5. The number of rotatable bonds is 5. The predicted molar refractivity (Wildman–Crippen MR) is 103 cm³/mol. The van der Waals surface area contributed by atoms with Crippen molar-refractivity contribution in [1.29, 1.82) is 0 Å². The Hall–Kier alpha value is -1.61. The highest BCUT2D eigenvalue weighted by Crippen LogP contribution is 2.25. The fraction of sp³-hybridized carbons (Fsp3) is 0.0667. The van der Waals surface area contributed by atoms with Crippen molar-refractivity contribution in [3.63, 3.8) is 0 Å². The Morgan fingerprint density at radius 3 is 2.64 bits per heavy atom. The quantitative estimate of drug-likeness (QED) is 0.571. The molecule has 25 heavy (non-hydrogen) atoms. The zero-order valence-electron chi connectivity index (χ0n) is 12.5. The van der Waals surface area contributed by atoms with Crippen molar-refractivity contribution in [2.45, 2.75) is 5.16 Å². The molecule has 0 aliphatic heterocycles. The van der Waals surface area contributed by atoms with Gasteiger partial charge >= 0.3 is 0 Å². The molecule has 0 radical (unpaired) electrons. The second-order valence-corrected chi connectivity index (χ2v) is 7.49. The number of nitrogens with one attached hydrogen (secondary N) is 1. The number of thioether (sulfide) groups is 1. The van der Waals surface area contributed by atoms with Gasteiger partial charge in [0, 0.05) is 10.2 Å². The van der Waals surface area contributed by atoms with Crippen LogP contribution in [0.25, 0.3) is 5.69 Å². The molecule has 10 heteroatoms. The van der Waals surface area contributed by atoms with Crippen LogP contribution < -0.4 is 5.32 Å². The average Bonchev–Trinajstić information content (AvgIpc) is 3.06. The Kier molecular flexibility index (Phi) is 5.95. The molecule has 1 N–H and O–H groups in total. The Bertz CT molecular complexity index is 903. The number of amides is 1. The maximum absolute atomic E-state index is 12.1. The molecule has 2 aromatic carbocycles. The summed E-state index contributed by atoms with van der Waals surface area (Å²) in [5.41, 5.74) is 1.38. The SMILES string of the molecule is O=C(CSc1nnnn1-c1ccc(Br)cc1)Nc1ccc(Cl)c(Cl)c1. The van der Waals surface area contributed by atoms with Gasteiger partial charge in [0.25, 0.3) is 0 Å². The van der Waals surface area contributed by atoms with Gasteiger partial charge in [-0.25, -0.2) is 0 Å². The fourth-order valence-corrected chi connectivity index (χ4v) is 3.17. The first-order valence-electron chi connectivity index (χ1n) is 6.95. The molecule has 3 rings (SSSR count). The molecule has 1 heterocycles. The molecule has 3 aromatic rings. The summed E-state index contributed by atoms with van der Waals surface area (Å²) in [4.78, 5) is 12.1. The lowest BCUT2D eigenvalue weighted by Crippen LogP contribution is -2.14. The highest BCUT2D eigenvalue weighted by molar-refractivity contribution is 9.10.